The molecular weight excluding hydrogens is 207 g/mol. The van der Waals surface area contributed by atoms with Crippen molar-refractivity contribution in [3.05, 3.63) is 35.6 Å². The minimum atomic E-state index is -0.475. The monoisotopic (exact) mass is 226 g/mol. The van der Waals surface area contributed by atoms with Crippen LogP contribution in [-0.2, 0) is 11.3 Å². The molecule has 1 aromatic rings. The summed E-state index contributed by atoms with van der Waals surface area (Å²) in [5, 5.41) is 9.65. The average Bonchev–Trinajstić information content (AvgIpc) is 2.30. The van der Waals surface area contributed by atoms with Gasteiger partial charge in [-0.2, -0.15) is 0 Å². The van der Waals surface area contributed by atoms with Gasteiger partial charge in [0, 0.05) is 5.56 Å². The molecule has 0 amide bonds. The molecule has 0 aliphatic carbocycles. The van der Waals surface area contributed by atoms with Gasteiger partial charge in [0.1, 0.15) is 5.82 Å². The van der Waals surface area contributed by atoms with Crippen molar-refractivity contribution in [2.75, 3.05) is 6.61 Å². The van der Waals surface area contributed by atoms with Crippen LogP contribution in [0.4, 0.5) is 4.39 Å². The van der Waals surface area contributed by atoms with Crippen molar-refractivity contribution < 1.29 is 14.2 Å². The van der Waals surface area contributed by atoms with Gasteiger partial charge in [-0.15, -0.1) is 0 Å². The van der Waals surface area contributed by atoms with E-state index in [9.17, 15) is 9.50 Å². The van der Waals surface area contributed by atoms with E-state index in [1.54, 1.807) is 18.2 Å². The van der Waals surface area contributed by atoms with Crippen molar-refractivity contribution >= 4 is 0 Å². The topological polar surface area (TPSA) is 29.5 Å². The summed E-state index contributed by atoms with van der Waals surface area (Å²) in [7, 11) is 0. The lowest BCUT2D eigenvalue weighted by molar-refractivity contribution is 0.000615. The van der Waals surface area contributed by atoms with E-state index in [4.69, 9.17) is 4.74 Å². The number of benzene rings is 1. The molecule has 2 unspecified atom stereocenters. The number of ether oxygens (including phenoxy) is 1. The molecule has 0 aliphatic rings. The Kier molecular flexibility index (Phi) is 5.43. The lowest BCUT2D eigenvalue weighted by atomic mass is 10.0. The number of aliphatic hydroxyl groups is 1. The average molecular weight is 226 g/mol. The molecule has 16 heavy (non-hydrogen) atoms. The molecule has 0 aliphatic heterocycles. The first-order chi connectivity index (χ1) is 7.65. The Morgan fingerprint density at radius 3 is 2.69 bits per heavy atom. The first-order valence-corrected chi connectivity index (χ1v) is 5.64. The number of aliphatic hydroxyl groups excluding tert-OH is 1. The van der Waals surface area contributed by atoms with Crippen molar-refractivity contribution in [3.8, 4) is 0 Å². The molecule has 0 heterocycles. The summed E-state index contributed by atoms with van der Waals surface area (Å²) in [6.45, 7) is 4.45. The molecule has 2 nitrogen and oxygen atoms in total. The van der Waals surface area contributed by atoms with E-state index in [-0.39, 0.29) is 24.9 Å². The Balaban J connectivity index is 2.33. The molecule has 0 fully saturated rings. The summed E-state index contributed by atoms with van der Waals surface area (Å²) in [5.41, 5.74) is 0.527. The SMILES string of the molecule is CCC(C)C(O)COCc1ccccc1F. The maximum atomic E-state index is 13.2. The molecule has 1 aromatic carbocycles. The summed E-state index contributed by atoms with van der Waals surface area (Å²) >= 11 is 0. The smallest absolute Gasteiger partial charge is 0.128 e. The van der Waals surface area contributed by atoms with Gasteiger partial charge in [0.15, 0.2) is 0 Å². The highest BCUT2D eigenvalue weighted by Crippen LogP contribution is 2.11. The zero-order chi connectivity index (χ0) is 12.0. The largest absolute Gasteiger partial charge is 0.390 e. The molecule has 1 rings (SSSR count). The first kappa shape index (κ1) is 13.1. The van der Waals surface area contributed by atoms with Crippen molar-refractivity contribution in [1.82, 2.24) is 0 Å². The van der Waals surface area contributed by atoms with Crippen LogP contribution in [-0.4, -0.2) is 17.8 Å². The molecule has 0 spiro atoms. The van der Waals surface area contributed by atoms with Gasteiger partial charge in [0.2, 0.25) is 0 Å². The van der Waals surface area contributed by atoms with Crippen molar-refractivity contribution in [3.63, 3.8) is 0 Å². The van der Waals surface area contributed by atoms with Crippen LogP contribution in [0.15, 0.2) is 24.3 Å². The van der Waals surface area contributed by atoms with Crippen molar-refractivity contribution in [2.45, 2.75) is 33.0 Å². The fourth-order valence-electron chi connectivity index (χ4n) is 1.34. The number of hydrogen-bond acceptors (Lipinski definition) is 2. The summed E-state index contributed by atoms with van der Waals surface area (Å²) in [6, 6.07) is 6.51. The van der Waals surface area contributed by atoms with Crippen LogP contribution in [0.3, 0.4) is 0 Å². The maximum Gasteiger partial charge on any atom is 0.128 e. The van der Waals surface area contributed by atoms with Gasteiger partial charge in [0.25, 0.3) is 0 Å². The molecule has 3 heteroatoms. The molecular formula is C13H19FO2. The van der Waals surface area contributed by atoms with Crippen LogP contribution in [0.2, 0.25) is 0 Å². The van der Waals surface area contributed by atoms with Crippen LogP contribution >= 0.6 is 0 Å². The first-order valence-electron chi connectivity index (χ1n) is 5.64. The summed E-state index contributed by atoms with van der Waals surface area (Å²) in [5.74, 6) is -0.0545. The van der Waals surface area contributed by atoms with Gasteiger partial charge >= 0.3 is 0 Å². The van der Waals surface area contributed by atoms with E-state index < -0.39 is 6.10 Å². The highest BCUT2D eigenvalue weighted by Gasteiger charge is 2.12. The lowest BCUT2D eigenvalue weighted by Gasteiger charge is -2.17. The third kappa shape index (κ3) is 3.91. The normalized spacial score (nSPS) is 14.8. The zero-order valence-electron chi connectivity index (χ0n) is 9.82. The fraction of sp³-hybridized carbons (Fsp3) is 0.538. The van der Waals surface area contributed by atoms with Gasteiger partial charge in [-0.3, -0.25) is 0 Å². The third-order valence-corrected chi connectivity index (χ3v) is 2.80. The lowest BCUT2D eigenvalue weighted by Crippen LogP contribution is -2.23. The van der Waals surface area contributed by atoms with E-state index in [1.807, 2.05) is 13.8 Å². The van der Waals surface area contributed by atoms with Crippen LogP contribution in [0.5, 0.6) is 0 Å². The molecule has 2 atom stereocenters. The van der Waals surface area contributed by atoms with Crippen LogP contribution in [0.25, 0.3) is 0 Å². The zero-order valence-corrected chi connectivity index (χ0v) is 9.82. The summed E-state index contributed by atoms with van der Waals surface area (Å²) in [4.78, 5) is 0. The Labute approximate surface area is 96.1 Å². The standard InChI is InChI=1S/C13H19FO2/c1-3-10(2)13(15)9-16-8-11-6-4-5-7-12(11)14/h4-7,10,13,15H,3,8-9H2,1-2H3. The Morgan fingerprint density at radius 1 is 1.38 bits per heavy atom. The fourth-order valence-corrected chi connectivity index (χ4v) is 1.34. The molecule has 0 saturated carbocycles. The van der Waals surface area contributed by atoms with Gasteiger partial charge in [-0.05, 0) is 12.0 Å². The highest BCUT2D eigenvalue weighted by molar-refractivity contribution is 5.16. The quantitative estimate of drug-likeness (QED) is 0.808. The van der Waals surface area contributed by atoms with Crippen LogP contribution in [0, 0.1) is 11.7 Å². The van der Waals surface area contributed by atoms with Crippen LogP contribution in [0.1, 0.15) is 25.8 Å². The Bertz CT molecular complexity index is 315. The number of halogens is 1. The summed E-state index contributed by atoms with van der Waals surface area (Å²) in [6.07, 6.45) is 0.432. The van der Waals surface area contributed by atoms with E-state index in [1.165, 1.54) is 6.07 Å². The molecule has 90 valence electrons. The van der Waals surface area contributed by atoms with E-state index >= 15 is 0 Å². The van der Waals surface area contributed by atoms with E-state index in [0.29, 0.717) is 5.56 Å². The number of hydrogen-bond donors (Lipinski definition) is 1. The van der Waals surface area contributed by atoms with Gasteiger partial charge in [-0.25, -0.2) is 4.39 Å². The second-order valence-electron chi connectivity index (χ2n) is 4.06. The highest BCUT2D eigenvalue weighted by atomic mass is 19.1. The third-order valence-electron chi connectivity index (χ3n) is 2.80. The molecule has 0 radical (unpaired) electrons. The minimum Gasteiger partial charge on any atom is -0.390 e. The molecule has 0 bridgehead atoms. The van der Waals surface area contributed by atoms with Gasteiger partial charge in [-0.1, -0.05) is 38.5 Å². The Morgan fingerprint density at radius 2 is 2.06 bits per heavy atom. The second kappa shape index (κ2) is 6.61. The second-order valence-corrected chi connectivity index (χ2v) is 4.06. The van der Waals surface area contributed by atoms with Crippen LogP contribution < -0.4 is 0 Å². The van der Waals surface area contributed by atoms with Crippen molar-refractivity contribution in [1.29, 1.82) is 0 Å². The number of rotatable bonds is 6. The molecule has 0 aromatic heterocycles. The summed E-state index contributed by atoms with van der Waals surface area (Å²) < 4.78 is 18.5. The predicted octanol–water partition coefficient (Wildman–Crippen LogP) is 2.75. The Hall–Kier alpha value is -0.930. The van der Waals surface area contributed by atoms with Gasteiger partial charge < -0.3 is 9.84 Å². The molecule has 1 N–H and O–H groups in total. The van der Waals surface area contributed by atoms with E-state index in [0.717, 1.165) is 6.42 Å². The maximum absolute atomic E-state index is 13.2. The van der Waals surface area contributed by atoms with E-state index in [2.05, 4.69) is 0 Å². The van der Waals surface area contributed by atoms with Crippen molar-refractivity contribution in [2.24, 2.45) is 5.92 Å². The minimum absolute atomic E-state index is 0.208. The molecule has 0 saturated heterocycles. The predicted molar refractivity (Wildman–Crippen MR) is 61.5 cm³/mol. The van der Waals surface area contributed by atoms with Gasteiger partial charge in [0.05, 0.1) is 19.3 Å².